The number of ether oxygens (including phenoxy) is 8. The fourth-order valence-electron chi connectivity index (χ4n) is 8.22. The lowest BCUT2D eigenvalue weighted by molar-refractivity contribution is -0.222. The van der Waals surface area contributed by atoms with Crippen LogP contribution in [0.1, 0.15) is 128 Å². The lowest BCUT2D eigenvalue weighted by Gasteiger charge is -2.41. The van der Waals surface area contributed by atoms with Crippen molar-refractivity contribution in [2.45, 2.75) is 188 Å². The number of allylic oxidation sites excluding steroid dienone is 1. The molecule has 13 nitrogen and oxygen atoms in total. The van der Waals surface area contributed by atoms with Crippen LogP contribution in [0.4, 0.5) is 4.79 Å². The van der Waals surface area contributed by atoms with E-state index in [1.54, 1.807) is 12.0 Å². The van der Waals surface area contributed by atoms with E-state index in [-0.39, 0.29) is 31.0 Å². The Labute approximate surface area is 349 Å². The summed E-state index contributed by atoms with van der Waals surface area (Å²) in [5.41, 5.74) is 0.323. The van der Waals surface area contributed by atoms with Gasteiger partial charge in [-0.05, 0) is 119 Å². The Hall–Kier alpha value is -2.52. The monoisotopic (exact) mass is 823 g/mol. The Morgan fingerprint density at radius 3 is 2.29 bits per heavy atom. The standard InChI is InChI=1S/C45H78N2O11/c1-14-37(51-13)33(8)42-38(54-42)29-44(11,57-34(9)52-15-2)22-17-18-31(6)41-32(7)19-20-39(55-43(50)47-26-24-46(25-27-47)30(4)5)45(12,58-35(10)53-16-3)23-21-36(48)28-40(49)56-41/h18-20,30,32,34-39,41,48H,14-17,21-29H2,1-13H3/b20-19+,31-18+,42-33?. The van der Waals surface area contributed by atoms with E-state index in [0.717, 1.165) is 36.4 Å². The molecule has 3 heterocycles. The van der Waals surface area contributed by atoms with Gasteiger partial charge in [0.2, 0.25) is 0 Å². The number of cyclic esters (lactones) is 1. The van der Waals surface area contributed by atoms with Gasteiger partial charge in [-0.15, -0.1) is 0 Å². The van der Waals surface area contributed by atoms with Gasteiger partial charge in [0.25, 0.3) is 0 Å². The van der Waals surface area contributed by atoms with Crippen molar-refractivity contribution in [3.05, 3.63) is 35.1 Å². The number of rotatable bonds is 19. The molecule has 3 aliphatic rings. The van der Waals surface area contributed by atoms with Crippen molar-refractivity contribution in [3.8, 4) is 0 Å². The fraction of sp³-hybridized carbons (Fsp3) is 0.822. The summed E-state index contributed by atoms with van der Waals surface area (Å²) in [5.74, 6) is 0.166. The molecule has 0 radical (unpaired) electrons. The van der Waals surface area contributed by atoms with Gasteiger partial charge in [-0.2, -0.15) is 0 Å². The van der Waals surface area contributed by atoms with Crippen molar-refractivity contribution in [2.24, 2.45) is 5.92 Å². The van der Waals surface area contributed by atoms with Gasteiger partial charge >= 0.3 is 12.1 Å². The number of methoxy groups -OCH3 is 1. The molecule has 10 atom stereocenters. The molecule has 2 fully saturated rings. The highest BCUT2D eigenvalue weighted by atomic mass is 16.7. The summed E-state index contributed by atoms with van der Waals surface area (Å²) in [6, 6.07) is 0.394. The number of aliphatic hydroxyl groups excluding tert-OH is 1. The lowest BCUT2D eigenvalue weighted by atomic mass is 9.88. The van der Waals surface area contributed by atoms with E-state index in [4.69, 9.17) is 37.9 Å². The number of carbonyl (C=O) groups excluding carboxylic acids is 2. The third-order valence-corrected chi connectivity index (χ3v) is 11.8. The van der Waals surface area contributed by atoms with Gasteiger partial charge in [0, 0.05) is 64.9 Å². The Kier molecular flexibility index (Phi) is 20.2. The van der Waals surface area contributed by atoms with Crippen molar-refractivity contribution in [1.82, 2.24) is 9.80 Å². The van der Waals surface area contributed by atoms with E-state index in [1.807, 2.05) is 60.6 Å². The molecule has 0 saturated carbocycles. The molecule has 10 unspecified atom stereocenters. The number of epoxide rings is 1. The summed E-state index contributed by atoms with van der Waals surface area (Å²) < 4.78 is 48.8. The zero-order chi connectivity index (χ0) is 43.2. The average Bonchev–Trinajstić information content (AvgIpc) is 3.92. The second-order valence-electron chi connectivity index (χ2n) is 17.0. The third kappa shape index (κ3) is 15.2. The fourth-order valence-corrected chi connectivity index (χ4v) is 8.22. The largest absolute Gasteiger partial charge is 0.483 e. The lowest BCUT2D eigenvalue weighted by Crippen LogP contribution is -2.53. The number of hydrogen-bond donors (Lipinski definition) is 1. The van der Waals surface area contributed by atoms with Crippen LogP contribution in [0.15, 0.2) is 35.1 Å². The minimum atomic E-state index is -1.08. The van der Waals surface area contributed by atoms with Gasteiger partial charge in [0.1, 0.15) is 17.5 Å². The predicted molar refractivity (Wildman–Crippen MR) is 224 cm³/mol. The second-order valence-corrected chi connectivity index (χ2v) is 17.0. The van der Waals surface area contributed by atoms with E-state index >= 15 is 0 Å². The zero-order valence-corrected chi connectivity index (χ0v) is 38.0. The first-order valence-corrected chi connectivity index (χ1v) is 21.8. The average molecular weight is 823 g/mol. The summed E-state index contributed by atoms with van der Waals surface area (Å²) in [6.07, 6.45) is 5.12. The molecule has 0 spiro atoms. The highest BCUT2D eigenvalue weighted by Gasteiger charge is 2.44. The van der Waals surface area contributed by atoms with Crippen LogP contribution in [0.3, 0.4) is 0 Å². The number of aliphatic hydroxyl groups is 1. The quantitative estimate of drug-likeness (QED) is 0.0592. The normalized spacial score (nSPS) is 30.5. The topological polar surface area (TPSA) is 138 Å². The zero-order valence-electron chi connectivity index (χ0n) is 38.0. The number of piperazine rings is 1. The minimum Gasteiger partial charge on any atom is -0.483 e. The summed E-state index contributed by atoms with van der Waals surface area (Å²) >= 11 is 0. The molecule has 13 heteroatoms. The molecule has 3 aliphatic heterocycles. The summed E-state index contributed by atoms with van der Waals surface area (Å²) in [4.78, 5) is 31.2. The maximum Gasteiger partial charge on any atom is 0.410 e. The van der Waals surface area contributed by atoms with Gasteiger partial charge in [0.15, 0.2) is 24.8 Å². The number of amides is 1. The van der Waals surface area contributed by atoms with Crippen LogP contribution in [-0.2, 0) is 42.7 Å². The molecule has 0 aromatic carbocycles. The van der Waals surface area contributed by atoms with Crippen LogP contribution in [0.25, 0.3) is 0 Å². The van der Waals surface area contributed by atoms with Gasteiger partial charge in [-0.3, -0.25) is 9.69 Å². The number of nitrogens with zero attached hydrogens (tertiary/aromatic N) is 2. The van der Waals surface area contributed by atoms with Crippen LogP contribution in [0.2, 0.25) is 0 Å². The van der Waals surface area contributed by atoms with Gasteiger partial charge in [-0.25, -0.2) is 4.79 Å². The number of esters is 1. The first kappa shape index (κ1) is 49.8. The Bertz CT molecular complexity index is 1370. The SMILES string of the molecule is CCOC(C)OC(C)(CC/C=C(\C)C1OC(=O)CC(O)CCC(C)(OC(C)OCC)C(OC(=O)N2CCN(C(C)C)CC2)/C=C/C1C)CC1OC1=C(C)C(CC)OC. The maximum absolute atomic E-state index is 13.8. The van der Waals surface area contributed by atoms with Crippen molar-refractivity contribution in [1.29, 1.82) is 0 Å². The maximum atomic E-state index is 13.8. The highest BCUT2D eigenvalue weighted by Crippen LogP contribution is 2.41. The summed E-state index contributed by atoms with van der Waals surface area (Å²) in [5, 5.41) is 11.1. The third-order valence-electron chi connectivity index (χ3n) is 11.8. The molecule has 0 aliphatic carbocycles. The van der Waals surface area contributed by atoms with Gasteiger partial charge in [-0.1, -0.05) is 26.0 Å². The first-order valence-electron chi connectivity index (χ1n) is 21.8. The van der Waals surface area contributed by atoms with Crippen LogP contribution >= 0.6 is 0 Å². The van der Waals surface area contributed by atoms with Crippen molar-refractivity contribution in [3.63, 3.8) is 0 Å². The smallest absolute Gasteiger partial charge is 0.410 e. The molecule has 1 amide bonds. The van der Waals surface area contributed by atoms with Crippen LogP contribution in [0, 0.1) is 5.92 Å². The van der Waals surface area contributed by atoms with E-state index in [0.29, 0.717) is 58.0 Å². The molecule has 2 saturated heterocycles. The Balaban J connectivity index is 1.89. The van der Waals surface area contributed by atoms with Crippen molar-refractivity contribution < 1.29 is 52.6 Å². The minimum absolute atomic E-state index is 0.0128. The van der Waals surface area contributed by atoms with E-state index in [2.05, 4.69) is 45.6 Å². The number of hydrogen-bond acceptors (Lipinski definition) is 12. The second kappa shape index (κ2) is 23.5. The highest BCUT2D eigenvalue weighted by molar-refractivity contribution is 5.70. The van der Waals surface area contributed by atoms with E-state index in [1.165, 1.54) is 0 Å². The van der Waals surface area contributed by atoms with Crippen LogP contribution in [-0.4, -0.2) is 134 Å². The predicted octanol–water partition coefficient (Wildman–Crippen LogP) is 7.70. The first-order chi connectivity index (χ1) is 27.4. The van der Waals surface area contributed by atoms with E-state index in [9.17, 15) is 14.7 Å². The molecule has 0 aromatic rings. The van der Waals surface area contributed by atoms with Gasteiger partial charge in [0.05, 0.1) is 24.2 Å². The molecule has 3 rings (SSSR count). The van der Waals surface area contributed by atoms with Crippen molar-refractivity contribution >= 4 is 12.1 Å². The molecule has 0 bridgehead atoms. The molecular formula is C45H78N2O11. The van der Waals surface area contributed by atoms with E-state index < -0.39 is 54.2 Å². The van der Waals surface area contributed by atoms with Crippen LogP contribution < -0.4 is 0 Å². The Morgan fingerprint density at radius 2 is 1.69 bits per heavy atom. The molecule has 0 aromatic heterocycles. The molecular weight excluding hydrogens is 744 g/mol. The Morgan fingerprint density at radius 1 is 1.03 bits per heavy atom. The molecule has 58 heavy (non-hydrogen) atoms. The van der Waals surface area contributed by atoms with Gasteiger partial charge < -0.3 is 47.9 Å². The van der Waals surface area contributed by atoms with Crippen LogP contribution in [0.5, 0.6) is 0 Å². The van der Waals surface area contributed by atoms with Crippen molar-refractivity contribution in [2.75, 3.05) is 46.5 Å². The molecule has 334 valence electrons. The summed E-state index contributed by atoms with van der Waals surface area (Å²) in [7, 11) is 1.72. The summed E-state index contributed by atoms with van der Waals surface area (Å²) in [6.45, 7) is 27.6. The molecule has 1 N–H and O–H groups in total. The number of carbonyl (C=O) groups is 2.